The van der Waals surface area contributed by atoms with Crippen LogP contribution in [0.25, 0.3) is 0 Å². The molecule has 0 saturated heterocycles. The van der Waals surface area contributed by atoms with Gasteiger partial charge in [-0.15, -0.1) is 0 Å². The first kappa shape index (κ1) is 13.8. The first-order chi connectivity index (χ1) is 6.43. The summed E-state index contributed by atoms with van der Waals surface area (Å²) in [7, 11) is 0. The molecule has 0 aliphatic heterocycles. The molecule has 0 aromatic rings. The molecule has 0 aromatic heterocycles. The van der Waals surface area contributed by atoms with E-state index in [1.807, 2.05) is 13.2 Å². The van der Waals surface area contributed by atoms with E-state index in [0.717, 1.165) is 6.42 Å². The van der Waals surface area contributed by atoms with Crippen molar-refractivity contribution in [3.8, 4) is 0 Å². The van der Waals surface area contributed by atoms with Crippen molar-refractivity contribution in [2.45, 2.75) is 32.7 Å². The van der Waals surface area contributed by atoms with Gasteiger partial charge in [0.15, 0.2) is 0 Å². The fourth-order valence-corrected chi connectivity index (χ4v) is 1.92. The zero-order valence-electron chi connectivity index (χ0n) is 9.59. The van der Waals surface area contributed by atoms with Crippen LogP contribution in [-0.2, 0) is 4.79 Å². The summed E-state index contributed by atoms with van der Waals surface area (Å²) in [4.78, 5) is 11.4. The van der Waals surface area contributed by atoms with E-state index in [4.69, 9.17) is 5.73 Å². The van der Waals surface area contributed by atoms with E-state index < -0.39 is 0 Å². The first-order valence-corrected chi connectivity index (χ1v) is 6.33. The minimum absolute atomic E-state index is 0.0751. The van der Waals surface area contributed by atoms with Crippen molar-refractivity contribution in [1.29, 1.82) is 0 Å². The van der Waals surface area contributed by atoms with Crippen LogP contribution >= 0.6 is 11.8 Å². The van der Waals surface area contributed by atoms with Gasteiger partial charge in [-0.3, -0.25) is 4.79 Å². The third-order valence-electron chi connectivity index (χ3n) is 2.03. The number of carbonyl (C=O) groups is 1. The Morgan fingerprint density at radius 3 is 2.50 bits per heavy atom. The first-order valence-electron chi connectivity index (χ1n) is 4.93. The van der Waals surface area contributed by atoms with Crippen LogP contribution in [0.2, 0.25) is 0 Å². The lowest BCUT2D eigenvalue weighted by molar-refractivity contribution is -0.120. The molecule has 0 fully saturated rings. The number of amides is 1. The highest BCUT2D eigenvalue weighted by molar-refractivity contribution is 7.99. The normalized spacial score (nSPS) is 15.3. The average molecular weight is 218 g/mol. The van der Waals surface area contributed by atoms with E-state index in [1.54, 1.807) is 0 Å². The molecule has 1 amide bonds. The number of hydrogen-bond acceptors (Lipinski definition) is 3. The highest BCUT2D eigenvalue weighted by atomic mass is 32.2. The molecular formula is C10H22N2OS. The van der Waals surface area contributed by atoms with E-state index in [0.29, 0.717) is 18.2 Å². The lowest BCUT2D eigenvalue weighted by Gasteiger charge is -2.31. The summed E-state index contributed by atoms with van der Waals surface area (Å²) >= 11 is 1.53. The van der Waals surface area contributed by atoms with E-state index in [2.05, 4.69) is 19.2 Å². The Morgan fingerprint density at radius 1 is 1.57 bits per heavy atom. The van der Waals surface area contributed by atoms with E-state index in [9.17, 15) is 4.79 Å². The molecule has 3 N–H and O–H groups in total. The summed E-state index contributed by atoms with van der Waals surface area (Å²) in [5, 5.41) is 2.99. The van der Waals surface area contributed by atoms with Gasteiger partial charge in [-0.25, -0.2) is 0 Å². The summed E-state index contributed by atoms with van der Waals surface area (Å²) in [6.45, 7) is 6.76. The number of rotatable bonds is 6. The number of carbonyl (C=O) groups excluding carboxylic acids is 1. The lowest BCUT2D eigenvalue weighted by Crippen LogP contribution is -2.52. The number of nitrogens with two attached hydrogens (primary N) is 1. The van der Waals surface area contributed by atoms with Crippen LogP contribution in [0.4, 0.5) is 0 Å². The van der Waals surface area contributed by atoms with Crippen molar-refractivity contribution < 1.29 is 4.79 Å². The monoisotopic (exact) mass is 218 g/mol. The fraction of sp³-hybridized carbons (Fsp3) is 0.900. The molecule has 1 unspecified atom stereocenters. The van der Waals surface area contributed by atoms with Crippen molar-refractivity contribution in [3.63, 3.8) is 0 Å². The molecule has 4 heteroatoms. The van der Waals surface area contributed by atoms with E-state index in [-0.39, 0.29) is 11.4 Å². The second-order valence-electron chi connectivity index (χ2n) is 4.34. The van der Waals surface area contributed by atoms with Gasteiger partial charge in [0.2, 0.25) is 5.91 Å². The Balaban J connectivity index is 4.17. The summed E-state index contributed by atoms with van der Waals surface area (Å²) in [6.07, 6.45) is 2.84. The number of nitrogens with one attached hydrogen (secondary N) is 1. The molecule has 0 spiro atoms. The molecule has 0 radical (unpaired) electrons. The van der Waals surface area contributed by atoms with Crippen molar-refractivity contribution in [1.82, 2.24) is 5.32 Å². The topological polar surface area (TPSA) is 55.1 Å². The SMILES string of the molecule is CSCC(=O)NC(C)(CN)CC(C)C. The van der Waals surface area contributed by atoms with Crippen LogP contribution in [0.1, 0.15) is 27.2 Å². The van der Waals surface area contributed by atoms with Gasteiger partial charge in [0, 0.05) is 12.1 Å². The molecule has 0 rings (SSSR count). The van der Waals surface area contributed by atoms with Gasteiger partial charge in [-0.2, -0.15) is 11.8 Å². The maximum atomic E-state index is 11.4. The third-order valence-corrected chi connectivity index (χ3v) is 2.58. The predicted molar refractivity (Wildman–Crippen MR) is 63.4 cm³/mol. The average Bonchev–Trinajstić information content (AvgIpc) is 2.02. The Kier molecular flexibility index (Phi) is 6.20. The number of thioether (sulfide) groups is 1. The molecule has 84 valence electrons. The zero-order chi connectivity index (χ0) is 11.2. The summed E-state index contributed by atoms with van der Waals surface area (Å²) in [5.74, 6) is 1.12. The maximum Gasteiger partial charge on any atom is 0.230 e. The van der Waals surface area contributed by atoms with Gasteiger partial charge < -0.3 is 11.1 Å². The van der Waals surface area contributed by atoms with Crippen molar-refractivity contribution in [2.24, 2.45) is 11.7 Å². The summed E-state index contributed by atoms with van der Waals surface area (Å²) in [5.41, 5.74) is 5.43. The Morgan fingerprint density at radius 2 is 2.14 bits per heavy atom. The van der Waals surface area contributed by atoms with Gasteiger partial charge >= 0.3 is 0 Å². The molecule has 0 aromatic carbocycles. The van der Waals surface area contributed by atoms with Gasteiger partial charge in [0.05, 0.1) is 5.75 Å². The second-order valence-corrected chi connectivity index (χ2v) is 5.21. The summed E-state index contributed by atoms with van der Waals surface area (Å²) in [6, 6.07) is 0. The highest BCUT2D eigenvalue weighted by Crippen LogP contribution is 2.15. The quantitative estimate of drug-likeness (QED) is 0.705. The van der Waals surface area contributed by atoms with Gasteiger partial charge in [0.1, 0.15) is 0 Å². The van der Waals surface area contributed by atoms with Crippen LogP contribution in [0.5, 0.6) is 0 Å². The van der Waals surface area contributed by atoms with E-state index in [1.165, 1.54) is 11.8 Å². The van der Waals surface area contributed by atoms with Crippen molar-refractivity contribution in [2.75, 3.05) is 18.6 Å². The smallest absolute Gasteiger partial charge is 0.230 e. The number of hydrogen-bond donors (Lipinski definition) is 2. The third kappa shape index (κ3) is 5.50. The predicted octanol–water partition coefficient (Wildman–Crippen LogP) is 1.23. The molecule has 0 aliphatic carbocycles. The van der Waals surface area contributed by atoms with E-state index >= 15 is 0 Å². The van der Waals surface area contributed by atoms with Crippen LogP contribution < -0.4 is 11.1 Å². The Hall–Kier alpha value is -0.220. The van der Waals surface area contributed by atoms with Gasteiger partial charge in [-0.1, -0.05) is 13.8 Å². The van der Waals surface area contributed by atoms with Crippen LogP contribution in [0, 0.1) is 5.92 Å². The van der Waals surface area contributed by atoms with Crippen LogP contribution in [0.15, 0.2) is 0 Å². The fourth-order valence-electron chi connectivity index (χ4n) is 1.59. The largest absolute Gasteiger partial charge is 0.349 e. The Labute approximate surface area is 91.2 Å². The summed E-state index contributed by atoms with van der Waals surface area (Å²) < 4.78 is 0. The van der Waals surface area contributed by atoms with Gasteiger partial charge in [-0.05, 0) is 25.5 Å². The molecule has 14 heavy (non-hydrogen) atoms. The molecule has 1 atom stereocenters. The Bertz CT molecular complexity index is 185. The second kappa shape index (κ2) is 6.30. The minimum Gasteiger partial charge on any atom is -0.349 e. The lowest BCUT2D eigenvalue weighted by atomic mass is 9.91. The van der Waals surface area contributed by atoms with Gasteiger partial charge in [0.25, 0.3) is 0 Å². The molecule has 0 saturated carbocycles. The standard InChI is InChI=1S/C10H22N2OS/c1-8(2)5-10(3,7-11)12-9(13)6-14-4/h8H,5-7,11H2,1-4H3,(H,12,13). The molecular weight excluding hydrogens is 196 g/mol. The van der Waals surface area contributed by atoms with Crippen molar-refractivity contribution >= 4 is 17.7 Å². The molecule has 0 bridgehead atoms. The molecule has 3 nitrogen and oxygen atoms in total. The zero-order valence-corrected chi connectivity index (χ0v) is 10.4. The van der Waals surface area contributed by atoms with Crippen molar-refractivity contribution in [3.05, 3.63) is 0 Å². The molecule has 0 aliphatic rings. The van der Waals surface area contributed by atoms with Crippen LogP contribution in [-0.4, -0.2) is 30.0 Å². The minimum atomic E-state index is -0.249. The highest BCUT2D eigenvalue weighted by Gasteiger charge is 2.25. The van der Waals surface area contributed by atoms with Crippen LogP contribution in [0.3, 0.4) is 0 Å². The maximum absolute atomic E-state index is 11.4. The molecule has 0 heterocycles.